The quantitative estimate of drug-likeness (QED) is 0.807. The van der Waals surface area contributed by atoms with Crippen LogP contribution in [0.15, 0.2) is 24.3 Å². The molecule has 1 fully saturated rings. The fraction of sp³-hybridized carbons (Fsp3) is 0.438. The van der Waals surface area contributed by atoms with E-state index in [9.17, 15) is 18.8 Å². The van der Waals surface area contributed by atoms with Crippen LogP contribution in [-0.4, -0.2) is 35.2 Å². The third-order valence-electron chi connectivity index (χ3n) is 3.69. The largest absolute Gasteiger partial charge is 0.332 e. The summed E-state index contributed by atoms with van der Waals surface area (Å²) in [5.41, 5.74) is -0.203. The first-order valence-electron chi connectivity index (χ1n) is 7.06. The van der Waals surface area contributed by atoms with Crippen LogP contribution in [0.1, 0.15) is 27.7 Å². The summed E-state index contributed by atoms with van der Waals surface area (Å²) in [5, 5.41) is 0. The molecule has 1 aliphatic heterocycles. The molecule has 22 heavy (non-hydrogen) atoms. The van der Waals surface area contributed by atoms with E-state index in [4.69, 9.17) is 0 Å². The maximum absolute atomic E-state index is 13.0. The van der Waals surface area contributed by atoms with Crippen molar-refractivity contribution in [3.8, 4) is 0 Å². The first kappa shape index (κ1) is 16.1. The number of hydrogen-bond acceptors (Lipinski definition) is 3. The average Bonchev–Trinajstić information content (AvgIpc) is 2.63. The van der Waals surface area contributed by atoms with Crippen molar-refractivity contribution in [1.82, 2.24) is 4.90 Å². The first-order valence-corrected chi connectivity index (χ1v) is 7.06. The average molecular weight is 306 g/mol. The third kappa shape index (κ3) is 2.86. The van der Waals surface area contributed by atoms with Gasteiger partial charge in [0.15, 0.2) is 5.78 Å². The topological polar surface area (TPSA) is 57.7 Å². The van der Waals surface area contributed by atoms with E-state index in [1.54, 1.807) is 27.7 Å². The van der Waals surface area contributed by atoms with Gasteiger partial charge >= 0.3 is 6.03 Å². The summed E-state index contributed by atoms with van der Waals surface area (Å²) in [6.45, 7) is 6.55. The fourth-order valence-electron chi connectivity index (χ4n) is 2.19. The number of halogens is 1. The molecule has 1 heterocycles. The Morgan fingerprint density at radius 1 is 1.18 bits per heavy atom. The maximum Gasteiger partial charge on any atom is 0.332 e. The minimum absolute atomic E-state index is 0.192. The summed E-state index contributed by atoms with van der Waals surface area (Å²) in [6.07, 6.45) is 0. The number of anilines is 1. The Morgan fingerprint density at radius 3 is 2.23 bits per heavy atom. The van der Waals surface area contributed by atoms with Crippen LogP contribution in [0.4, 0.5) is 14.9 Å². The van der Waals surface area contributed by atoms with E-state index in [1.807, 2.05) is 0 Å². The molecule has 1 aromatic rings. The second-order valence-corrected chi connectivity index (χ2v) is 6.40. The Labute approximate surface area is 128 Å². The molecule has 1 aromatic carbocycles. The Balaban J connectivity index is 2.26. The van der Waals surface area contributed by atoms with E-state index in [-0.39, 0.29) is 12.3 Å². The zero-order valence-corrected chi connectivity index (χ0v) is 13.1. The summed E-state index contributed by atoms with van der Waals surface area (Å²) in [4.78, 5) is 39.1. The Hall–Kier alpha value is -2.24. The molecule has 118 valence electrons. The van der Waals surface area contributed by atoms with Crippen molar-refractivity contribution < 1.29 is 18.8 Å². The highest BCUT2D eigenvalue weighted by molar-refractivity contribution is 6.15. The number of Topliss-reactive ketones (excluding diaryl/α,β-unsaturated/α-hetero) is 1. The van der Waals surface area contributed by atoms with Crippen molar-refractivity contribution in [2.75, 3.05) is 11.4 Å². The van der Waals surface area contributed by atoms with Crippen LogP contribution in [0.25, 0.3) is 0 Å². The minimum Gasteiger partial charge on any atom is -0.297 e. The summed E-state index contributed by atoms with van der Waals surface area (Å²) in [7, 11) is 0. The minimum atomic E-state index is -0.717. The van der Waals surface area contributed by atoms with Gasteiger partial charge < -0.3 is 0 Å². The number of imide groups is 1. The molecule has 1 saturated heterocycles. The van der Waals surface area contributed by atoms with Crippen LogP contribution in [-0.2, 0) is 9.59 Å². The normalized spacial score (nSPS) is 19.0. The summed E-state index contributed by atoms with van der Waals surface area (Å²) < 4.78 is 13.0. The summed E-state index contributed by atoms with van der Waals surface area (Å²) in [5.74, 6) is -1.04. The lowest BCUT2D eigenvalue weighted by atomic mass is 9.90. The van der Waals surface area contributed by atoms with E-state index in [2.05, 4.69) is 0 Å². The number of nitrogens with zero attached hydrogens (tertiary/aromatic N) is 2. The van der Waals surface area contributed by atoms with Gasteiger partial charge in [0.2, 0.25) is 0 Å². The molecular weight excluding hydrogens is 287 g/mol. The van der Waals surface area contributed by atoms with Gasteiger partial charge in [-0.2, -0.15) is 0 Å². The van der Waals surface area contributed by atoms with Gasteiger partial charge in [0.1, 0.15) is 11.9 Å². The Bertz CT molecular complexity index is 619. The van der Waals surface area contributed by atoms with Gasteiger partial charge in [-0.15, -0.1) is 0 Å². The van der Waals surface area contributed by atoms with Crippen LogP contribution in [0, 0.1) is 11.2 Å². The molecule has 0 aromatic heterocycles. The van der Waals surface area contributed by atoms with Crippen LogP contribution in [0.2, 0.25) is 0 Å². The molecule has 0 radical (unpaired) electrons. The van der Waals surface area contributed by atoms with Crippen LogP contribution in [0.3, 0.4) is 0 Å². The van der Waals surface area contributed by atoms with E-state index in [0.717, 1.165) is 4.90 Å². The molecule has 2 rings (SSSR count). The summed E-state index contributed by atoms with van der Waals surface area (Å²) in [6, 6.07) is 4.05. The van der Waals surface area contributed by atoms with Crippen LogP contribution < -0.4 is 4.90 Å². The lowest BCUT2D eigenvalue weighted by molar-refractivity contribution is -0.134. The van der Waals surface area contributed by atoms with Crippen LogP contribution in [0.5, 0.6) is 0 Å². The second-order valence-electron chi connectivity index (χ2n) is 6.40. The number of rotatable bonds is 3. The van der Waals surface area contributed by atoms with Crippen molar-refractivity contribution in [3.63, 3.8) is 0 Å². The monoisotopic (exact) mass is 306 g/mol. The van der Waals surface area contributed by atoms with E-state index >= 15 is 0 Å². The molecule has 5 nitrogen and oxygen atoms in total. The van der Waals surface area contributed by atoms with Crippen LogP contribution >= 0.6 is 0 Å². The number of hydrogen-bond donors (Lipinski definition) is 0. The molecule has 0 aliphatic carbocycles. The molecule has 1 aliphatic rings. The van der Waals surface area contributed by atoms with Gasteiger partial charge in [-0.1, -0.05) is 20.8 Å². The first-order chi connectivity index (χ1) is 10.1. The van der Waals surface area contributed by atoms with E-state index in [1.165, 1.54) is 29.2 Å². The molecule has 0 spiro atoms. The molecule has 3 amide bonds. The SMILES string of the molecule is C[C@@H]1C(=O)N(CC(=O)C(C)(C)C)C(=O)N1c1ccc(F)cc1. The Morgan fingerprint density at radius 2 is 1.73 bits per heavy atom. The van der Waals surface area contributed by atoms with Gasteiger partial charge in [-0.3, -0.25) is 19.4 Å². The molecule has 0 saturated carbocycles. The van der Waals surface area contributed by atoms with Gasteiger partial charge in [0.05, 0.1) is 6.54 Å². The van der Waals surface area contributed by atoms with Gasteiger partial charge in [0.25, 0.3) is 5.91 Å². The second kappa shape index (κ2) is 5.51. The molecule has 0 unspecified atom stereocenters. The smallest absolute Gasteiger partial charge is 0.297 e. The molecule has 0 bridgehead atoms. The van der Waals surface area contributed by atoms with Gasteiger partial charge in [0, 0.05) is 11.1 Å². The Kier molecular flexibility index (Phi) is 4.04. The number of carbonyl (C=O) groups excluding carboxylic acids is 3. The van der Waals surface area contributed by atoms with Crippen molar-refractivity contribution in [2.45, 2.75) is 33.7 Å². The number of benzene rings is 1. The highest BCUT2D eigenvalue weighted by Gasteiger charge is 2.44. The molecule has 1 atom stereocenters. The van der Waals surface area contributed by atoms with E-state index in [0.29, 0.717) is 5.69 Å². The number of urea groups is 1. The lowest BCUT2D eigenvalue weighted by Crippen LogP contribution is -2.40. The molecule has 0 N–H and O–H groups in total. The zero-order chi connectivity index (χ0) is 16.7. The van der Waals surface area contributed by atoms with Crippen molar-refractivity contribution in [2.24, 2.45) is 5.41 Å². The summed E-state index contributed by atoms with van der Waals surface area (Å²) >= 11 is 0. The van der Waals surface area contributed by atoms with Crippen molar-refractivity contribution >= 4 is 23.4 Å². The number of ketones is 1. The third-order valence-corrected chi connectivity index (χ3v) is 3.69. The highest BCUT2D eigenvalue weighted by Crippen LogP contribution is 2.27. The highest BCUT2D eigenvalue weighted by atomic mass is 19.1. The fourth-order valence-corrected chi connectivity index (χ4v) is 2.19. The van der Waals surface area contributed by atoms with E-state index < -0.39 is 29.2 Å². The lowest BCUT2D eigenvalue weighted by Gasteiger charge is -2.21. The predicted octanol–water partition coefficient (Wildman–Crippen LogP) is 2.60. The molecule has 6 heteroatoms. The number of carbonyl (C=O) groups is 3. The maximum atomic E-state index is 13.0. The standard InChI is InChI=1S/C16H19FN2O3/c1-10-14(21)18(9-13(20)16(2,3)4)15(22)19(10)12-7-5-11(17)6-8-12/h5-8,10H,9H2,1-4H3/t10-/m1/s1. The number of amides is 3. The van der Waals surface area contributed by atoms with Gasteiger partial charge in [-0.05, 0) is 31.2 Å². The van der Waals surface area contributed by atoms with Crippen molar-refractivity contribution in [1.29, 1.82) is 0 Å². The zero-order valence-electron chi connectivity index (χ0n) is 13.1. The van der Waals surface area contributed by atoms with Gasteiger partial charge in [-0.25, -0.2) is 9.18 Å². The molecular formula is C16H19FN2O3. The predicted molar refractivity (Wildman–Crippen MR) is 79.9 cm³/mol. The van der Waals surface area contributed by atoms with Crippen molar-refractivity contribution in [3.05, 3.63) is 30.1 Å².